The number of carbonyl (C=O) groups excluding carboxylic acids is 1. The van der Waals surface area contributed by atoms with Gasteiger partial charge in [0.2, 0.25) is 5.91 Å². The second-order valence-electron chi connectivity index (χ2n) is 7.33. The number of nitrogens with one attached hydrogen (secondary N) is 1. The van der Waals surface area contributed by atoms with Gasteiger partial charge in [0.05, 0.1) is 11.7 Å². The number of carbonyl (C=O) groups is 1. The molecular formula is C23H20IN3O2S. The van der Waals surface area contributed by atoms with Crippen molar-refractivity contribution < 1.29 is 4.79 Å². The summed E-state index contributed by atoms with van der Waals surface area (Å²) < 4.78 is 2.48. The highest BCUT2D eigenvalue weighted by Gasteiger charge is 2.16. The predicted molar refractivity (Wildman–Crippen MR) is 131 cm³/mol. The van der Waals surface area contributed by atoms with E-state index in [2.05, 4.69) is 39.0 Å². The quantitative estimate of drug-likeness (QED) is 0.366. The Kier molecular flexibility index (Phi) is 5.75. The first-order valence-electron chi connectivity index (χ1n) is 9.44. The SMILES string of the molecule is Cc1ccc(-c2csc3ncn(CC(=O)Nc4ccc(I)cc4C)c(=O)c23)c(C)c1. The topological polar surface area (TPSA) is 64.0 Å². The Hall–Kier alpha value is -2.52. The van der Waals surface area contributed by atoms with Gasteiger partial charge in [-0.25, -0.2) is 4.98 Å². The third kappa shape index (κ3) is 4.04. The van der Waals surface area contributed by atoms with Crippen LogP contribution in [-0.4, -0.2) is 15.5 Å². The number of fused-ring (bicyclic) bond motifs is 1. The molecule has 2 aromatic heterocycles. The van der Waals surface area contributed by atoms with E-state index in [1.807, 2.05) is 56.5 Å². The summed E-state index contributed by atoms with van der Waals surface area (Å²) in [5, 5.41) is 5.42. The molecule has 0 saturated heterocycles. The van der Waals surface area contributed by atoms with Crippen molar-refractivity contribution in [2.24, 2.45) is 0 Å². The number of rotatable bonds is 4. The maximum atomic E-state index is 13.2. The van der Waals surface area contributed by atoms with Crippen molar-refractivity contribution in [3.8, 4) is 11.1 Å². The molecule has 0 unspecified atom stereocenters. The molecular weight excluding hydrogens is 509 g/mol. The fourth-order valence-electron chi connectivity index (χ4n) is 3.51. The van der Waals surface area contributed by atoms with Crippen LogP contribution in [-0.2, 0) is 11.3 Å². The fourth-order valence-corrected chi connectivity index (χ4v) is 5.05. The lowest BCUT2D eigenvalue weighted by atomic mass is 9.99. The van der Waals surface area contributed by atoms with Gasteiger partial charge in [0.1, 0.15) is 11.4 Å². The van der Waals surface area contributed by atoms with Crippen LogP contribution in [0.5, 0.6) is 0 Å². The molecule has 0 atom stereocenters. The molecule has 4 aromatic rings. The number of amides is 1. The molecule has 2 heterocycles. The van der Waals surface area contributed by atoms with Crippen LogP contribution in [0, 0.1) is 24.3 Å². The summed E-state index contributed by atoms with van der Waals surface area (Å²) in [6.45, 7) is 5.94. The fraction of sp³-hybridized carbons (Fsp3) is 0.174. The number of aromatic nitrogens is 2. The average Bonchev–Trinajstić information content (AvgIpc) is 3.11. The number of hydrogen-bond donors (Lipinski definition) is 1. The minimum absolute atomic E-state index is 0.0879. The zero-order valence-electron chi connectivity index (χ0n) is 16.8. The van der Waals surface area contributed by atoms with Crippen LogP contribution in [0.25, 0.3) is 21.3 Å². The van der Waals surface area contributed by atoms with Gasteiger partial charge in [-0.3, -0.25) is 14.2 Å². The van der Waals surface area contributed by atoms with E-state index in [1.165, 1.54) is 27.8 Å². The van der Waals surface area contributed by atoms with Gasteiger partial charge in [0, 0.05) is 20.2 Å². The van der Waals surface area contributed by atoms with E-state index < -0.39 is 0 Å². The summed E-state index contributed by atoms with van der Waals surface area (Å²) in [5.74, 6) is -0.258. The summed E-state index contributed by atoms with van der Waals surface area (Å²) in [6, 6.07) is 12.0. The van der Waals surface area contributed by atoms with E-state index in [1.54, 1.807) is 0 Å². The highest BCUT2D eigenvalue weighted by Crippen LogP contribution is 2.33. The van der Waals surface area contributed by atoms with Gasteiger partial charge >= 0.3 is 0 Å². The third-order valence-electron chi connectivity index (χ3n) is 5.01. The number of aryl methyl sites for hydroxylation is 3. The molecule has 1 amide bonds. The maximum absolute atomic E-state index is 13.2. The number of anilines is 1. The van der Waals surface area contributed by atoms with Crippen molar-refractivity contribution in [1.29, 1.82) is 0 Å². The molecule has 2 aromatic carbocycles. The summed E-state index contributed by atoms with van der Waals surface area (Å²) in [6.07, 6.45) is 1.45. The van der Waals surface area contributed by atoms with E-state index in [4.69, 9.17) is 0 Å². The van der Waals surface area contributed by atoms with Crippen LogP contribution < -0.4 is 10.9 Å². The lowest BCUT2D eigenvalue weighted by Gasteiger charge is -2.10. The summed E-state index contributed by atoms with van der Waals surface area (Å²) >= 11 is 3.68. The van der Waals surface area contributed by atoms with E-state index in [-0.39, 0.29) is 18.0 Å². The lowest BCUT2D eigenvalue weighted by Crippen LogP contribution is -2.28. The molecule has 0 spiro atoms. The first-order chi connectivity index (χ1) is 14.3. The highest BCUT2D eigenvalue weighted by molar-refractivity contribution is 14.1. The van der Waals surface area contributed by atoms with Gasteiger partial charge in [-0.15, -0.1) is 11.3 Å². The van der Waals surface area contributed by atoms with Crippen molar-refractivity contribution in [3.05, 3.63) is 78.7 Å². The van der Waals surface area contributed by atoms with E-state index in [9.17, 15) is 9.59 Å². The van der Waals surface area contributed by atoms with Gasteiger partial charge in [-0.2, -0.15) is 0 Å². The molecule has 0 fully saturated rings. The zero-order chi connectivity index (χ0) is 21.4. The van der Waals surface area contributed by atoms with Crippen LogP contribution in [0.15, 0.2) is 52.9 Å². The van der Waals surface area contributed by atoms with Gasteiger partial charge < -0.3 is 5.32 Å². The average molecular weight is 529 g/mol. The van der Waals surface area contributed by atoms with Crippen molar-refractivity contribution >= 4 is 55.7 Å². The number of benzene rings is 2. The Morgan fingerprint density at radius 1 is 1.10 bits per heavy atom. The number of hydrogen-bond acceptors (Lipinski definition) is 4. The molecule has 0 radical (unpaired) electrons. The largest absolute Gasteiger partial charge is 0.324 e. The van der Waals surface area contributed by atoms with Gasteiger partial charge in [0.15, 0.2) is 0 Å². The maximum Gasteiger partial charge on any atom is 0.263 e. The smallest absolute Gasteiger partial charge is 0.263 e. The standard InChI is InChI=1S/C23H20IN3O2S/c1-13-4-6-17(14(2)8-13)18-11-30-22-21(18)23(29)27(12-25-22)10-20(28)26-19-7-5-16(24)9-15(19)3/h4-9,11-12H,10H2,1-3H3,(H,26,28). The van der Waals surface area contributed by atoms with Crippen molar-refractivity contribution in [3.63, 3.8) is 0 Å². The predicted octanol–water partition coefficient (Wildman–Crippen LogP) is 5.29. The van der Waals surface area contributed by atoms with Crippen LogP contribution >= 0.6 is 33.9 Å². The second kappa shape index (κ2) is 8.31. The summed E-state index contributed by atoms with van der Waals surface area (Å²) in [4.78, 5) is 30.9. The van der Waals surface area contributed by atoms with Crippen LogP contribution in [0.1, 0.15) is 16.7 Å². The Labute approximate surface area is 191 Å². The summed E-state index contributed by atoms with van der Waals surface area (Å²) in [5.41, 5.74) is 5.69. The minimum atomic E-state index is -0.258. The molecule has 0 saturated carbocycles. The number of nitrogens with zero attached hydrogens (tertiary/aromatic N) is 2. The molecule has 5 nitrogen and oxygen atoms in total. The zero-order valence-corrected chi connectivity index (χ0v) is 19.8. The molecule has 0 aliphatic heterocycles. The Morgan fingerprint density at radius 3 is 2.63 bits per heavy atom. The molecule has 0 aliphatic rings. The first-order valence-corrected chi connectivity index (χ1v) is 11.4. The Balaban J connectivity index is 1.68. The Morgan fingerprint density at radius 2 is 1.90 bits per heavy atom. The third-order valence-corrected chi connectivity index (χ3v) is 6.57. The molecule has 1 N–H and O–H groups in total. The number of thiophene rings is 1. The van der Waals surface area contributed by atoms with E-state index in [0.717, 1.165) is 31.5 Å². The van der Waals surface area contributed by atoms with E-state index >= 15 is 0 Å². The minimum Gasteiger partial charge on any atom is -0.324 e. The van der Waals surface area contributed by atoms with Crippen molar-refractivity contribution in [2.75, 3.05) is 5.32 Å². The van der Waals surface area contributed by atoms with E-state index in [0.29, 0.717) is 10.2 Å². The highest BCUT2D eigenvalue weighted by atomic mass is 127. The molecule has 0 aliphatic carbocycles. The monoisotopic (exact) mass is 529 g/mol. The normalized spacial score (nSPS) is 11.1. The molecule has 30 heavy (non-hydrogen) atoms. The molecule has 152 valence electrons. The molecule has 7 heteroatoms. The second-order valence-corrected chi connectivity index (χ2v) is 9.44. The molecule has 0 bridgehead atoms. The van der Waals surface area contributed by atoms with Crippen LogP contribution in [0.4, 0.5) is 5.69 Å². The Bertz CT molecular complexity index is 1340. The molecule has 4 rings (SSSR count). The van der Waals surface area contributed by atoms with Gasteiger partial charge in [0.25, 0.3) is 5.56 Å². The van der Waals surface area contributed by atoms with Crippen LogP contribution in [0.3, 0.4) is 0 Å². The van der Waals surface area contributed by atoms with Gasteiger partial charge in [-0.05, 0) is 78.3 Å². The first kappa shape index (κ1) is 20.7. The lowest BCUT2D eigenvalue weighted by molar-refractivity contribution is -0.116. The summed E-state index contributed by atoms with van der Waals surface area (Å²) in [7, 11) is 0. The van der Waals surface area contributed by atoms with Crippen LogP contribution in [0.2, 0.25) is 0 Å². The number of halogens is 1. The van der Waals surface area contributed by atoms with Crippen molar-refractivity contribution in [1.82, 2.24) is 9.55 Å². The van der Waals surface area contributed by atoms with Gasteiger partial charge in [-0.1, -0.05) is 23.8 Å². The van der Waals surface area contributed by atoms with Crippen molar-refractivity contribution in [2.45, 2.75) is 27.3 Å².